The minimum atomic E-state index is -1.22. The summed E-state index contributed by atoms with van der Waals surface area (Å²) in [7, 11) is 0. The van der Waals surface area contributed by atoms with Crippen molar-refractivity contribution in [3.8, 4) is 5.75 Å². The Labute approximate surface area is 85.3 Å². The maximum Gasteiger partial charge on any atom is 0.330 e. The summed E-state index contributed by atoms with van der Waals surface area (Å²) in [4.78, 5) is 21.3. The quantitative estimate of drug-likeness (QED) is 0.570. The Morgan fingerprint density at radius 1 is 1.27 bits per heavy atom. The zero-order valence-corrected chi connectivity index (χ0v) is 7.68. The van der Waals surface area contributed by atoms with E-state index in [1.54, 1.807) is 0 Å². The molecule has 2 amide bonds. The molecule has 1 aromatic carbocycles. The molecule has 0 aromatic heterocycles. The molecule has 0 aliphatic carbocycles. The van der Waals surface area contributed by atoms with Crippen LogP contribution in [0.1, 0.15) is 11.6 Å². The summed E-state index contributed by atoms with van der Waals surface area (Å²) in [6.07, 6.45) is 0. The molecule has 1 atom stereocenters. The van der Waals surface area contributed by atoms with E-state index < -0.39 is 18.0 Å². The van der Waals surface area contributed by atoms with E-state index in [1.807, 2.05) is 0 Å². The van der Waals surface area contributed by atoms with Crippen molar-refractivity contribution in [1.29, 1.82) is 0 Å². The highest BCUT2D eigenvalue weighted by Gasteiger charge is 2.20. The third kappa shape index (κ3) is 2.87. The zero-order valence-electron chi connectivity index (χ0n) is 7.68. The van der Waals surface area contributed by atoms with Crippen molar-refractivity contribution in [3.63, 3.8) is 0 Å². The average Bonchev–Trinajstić information content (AvgIpc) is 2.15. The highest BCUT2D eigenvalue weighted by atomic mass is 16.4. The summed E-state index contributed by atoms with van der Waals surface area (Å²) in [6.45, 7) is 0. The molecule has 0 spiro atoms. The van der Waals surface area contributed by atoms with Gasteiger partial charge in [0.25, 0.3) is 0 Å². The lowest BCUT2D eigenvalue weighted by molar-refractivity contribution is -0.139. The predicted molar refractivity (Wildman–Crippen MR) is 51.2 cm³/mol. The Morgan fingerprint density at radius 3 is 2.20 bits per heavy atom. The standard InChI is InChI=1S/C9H10N2O4/c10-9(15)11-7(8(13)14)5-1-3-6(12)4-2-5/h1-4,7,12H,(H,13,14)(H3,10,11,15). The number of benzene rings is 1. The van der Waals surface area contributed by atoms with Gasteiger partial charge in [-0.25, -0.2) is 9.59 Å². The number of rotatable bonds is 3. The number of phenols is 1. The second-order valence-electron chi connectivity index (χ2n) is 2.87. The lowest BCUT2D eigenvalue weighted by Crippen LogP contribution is -2.37. The Hall–Kier alpha value is -2.24. The molecule has 0 radical (unpaired) electrons. The molecule has 1 rings (SSSR count). The van der Waals surface area contributed by atoms with Crippen molar-refractivity contribution in [2.75, 3.05) is 0 Å². The first-order valence-corrected chi connectivity index (χ1v) is 4.08. The van der Waals surface area contributed by atoms with Crippen LogP contribution in [-0.4, -0.2) is 22.2 Å². The Kier molecular flexibility index (Phi) is 3.12. The molecular weight excluding hydrogens is 200 g/mol. The molecule has 0 heterocycles. The molecule has 0 saturated carbocycles. The number of carbonyl (C=O) groups is 2. The van der Waals surface area contributed by atoms with Gasteiger partial charge < -0.3 is 21.3 Å². The third-order valence-corrected chi connectivity index (χ3v) is 1.76. The van der Waals surface area contributed by atoms with Crippen molar-refractivity contribution < 1.29 is 19.8 Å². The van der Waals surface area contributed by atoms with Gasteiger partial charge in [-0.3, -0.25) is 0 Å². The molecule has 15 heavy (non-hydrogen) atoms. The number of primary amides is 1. The first-order valence-electron chi connectivity index (χ1n) is 4.08. The summed E-state index contributed by atoms with van der Waals surface area (Å²) in [5.74, 6) is -1.21. The average molecular weight is 210 g/mol. The van der Waals surface area contributed by atoms with Gasteiger partial charge in [-0.2, -0.15) is 0 Å². The van der Waals surface area contributed by atoms with Gasteiger partial charge in [-0.05, 0) is 17.7 Å². The Balaban J connectivity index is 2.94. The van der Waals surface area contributed by atoms with E-state index in [-0.39, 0.29) is 5.75 Å². The lowest BCUT2D eigenvalue weighted by atomic mass is 10.1. The summed E-state index contributed by atoms with van der Waals surface area (Å²) in [5, 5.41) is 19.9. The van der Waals surface area contributed by atoms with Crippen molar-refractivity contribution in [2.45, 2.75) is 6.04 Å². The van der Waals surface area contributed by atoms with Crippen LogP contribution in [0.4, 0.5) is 4.79 Å². The van der Waals surface area contributed by atoms with E-state index in [0.29, 0.717) is 5.56 Å². The number of urea groups is 1. The SMILES string of the molecule is NC(=O)NC(C(=O)O)c1ccc(O)cc1. The largest absolute Gasteiger partial charge is 0.508 e. The first kappa shape index (κ1) is 10.8. The van der Waals surface area contributed by atoms with E-state index >= 15 is 0 Å². The van der Waals surface area contributed by atoms with Gasteiger partial charge in [0.05, 0.1) is 0 Å². The fourth-order valence-corrected chi connectivity index (χ4v) is 1.10. The number of nitrogens with two attached hydrogens (primary N) is 1. The van der Waals surface area contributed by atoms with Crippen LogP contribution in [0.3, 0.4) is 0 Å². The van der Waals surface area contributed by atoms with Crippen LogP contribution in [0.15, 0.2) is 24.3 Å². The summed E-state index contributed by atoms with van der Waals surface area (Å²) in [5.41, 5.74) is 5.17. The van der Waals surface area contributed by atoms with Crippen molar-refractivity contribution >= 4 is 12.0 Å². The second-order valence-corrected chi connectivity index (χ2v) is 2.87. The number of amides is 2. The lowest BCUT2D eigenvalue weighted by Gasteiger charge is -2.12. The normalized spacial score (nSPS) is 11.7. The highest BCUT2D eigenvalue weighted by molar-refractivity contribution is 5.82. The van der Waals surface area contributed by atoms with Gasteiger partial charge in [0.15, 0.2) is 6.04 Å². The van der Waals surface area contributed by atoms with Crippen LogP contribution in [0.5, 0.6) is 5.75 Å². The molecule has 0 aliphatic rings. The maximum absolute atomic E-state index is 10.8. The van der Waals surface area contributed by atoms with Crippen molar-refractivity contribution in [2.24, 2.45) is 5.73 Å². The molecule has 1 unspecified atom stereocenters. The molecule has 6 heteroatoms. The minimum absolute atomic E-state index is 0.0157. The van der Waals surface area contributed by atoms with Crippen LogP contribution < -0.4 is 11.1 Å². The minimum Gasteiger partial charge on any atom is -0.508 e. The highest BCUT2D eigenvalue weighted by Crippen LogP contribution is 2.16. The fraction of sp³-hybridized carbons (Fsp3) is 0.111. The molecular formula is C9H10N2O4. The molecule has 5 N–H and O–H groups in total. The predicted octanol–water partition coefficient (Wildman–Crippen LogP) is 0.186. The van der Waals surface area contributed by atoms with Crippen LogP contribution >= 0.6 is 0 Å². The van der Waals surface area contributed by atoms with E-state index in [1.165, 1.54) is 24.3 Å². The van der Waals surface area contributed by atoms with Gasteiger partial charge in [0, 0.05) is 0 Å². The molecule has 6 nitrogen and oxygen atoms in total. The van der Waals surface area contributed by atoms with Gasteiger partial charge in [-0.15, -0.1) is 0 Å². The number of nitrogens with one attached hydrogen (secondary N) is 1. The molecule has 0 aliphatic heterocycles. The number of carboxylic acid groups (broad SMARTS) is 1. The summed E-state index contributed by atoms with van der Waals surface area (Å²) < 4.78 is 0. The number of carboxylic acids is 1. The molecule has 1 aromatic rings. The van der Waals surface area contributed by atoms with Crippen molar-refractivity contribution in [1.82, 2.24) is 5.32 Å². The fourth-order valence-electron chi connectivity index (χ4n) is 1.10. The Morgan fingerprint density at radius 2 is 1.80 bits per heavy atom. The van der Waals surface area contributed by atoms with Crippen LogP contribution in [0, 0.1) is 0 Å². The van der Waals surface area contributed by atoms with E-state index in [0.717, 1.165) is 0 Å². The number of hydrogen-bond donors (Lipinski definition) is 4. The third-order valence-electron chi connectivity index (χ3n) is 1.76. The monoisotopic (exact) mass is 210 g/mol. The number of aromatic hydroxyl groups is 1. The van der Waals surface area contributed by atoms with E-state index in [9.17, 15) is 9.59 Å². The number of aliphatic carboxylic acids is 1. The molecule has 0 saturated heterocycles. The molecule has 80 valence electrons. The Bertz CT molecular complexity index is 374. The number of phenolic OH excluding ortho intramolecular Hbond substituents is 1. The molecule has 0 fully saturated rings. The van der Waals surface area contributed by atoms with Crippen molar-refractivity contribution in [3.05, 3.63) is 29.8 Å². The summed E-state index contributed by atoms with van der Waals surface area (Å²) >= 11 is 0. The summed E-state index contributed by atoms with van der Waals surface area (Å²) in [6, 6.07) is 3.31. The topological polar surface area (TPSA) is 113 Å². The maximum atomic E-state index is 10.8. The number of carbonyl (C=O) groups excluding carboxylic acids is 1. The van der Waals surface area contributed by atoms with Crippen LogP contribution in [-0.2, 0) is 4.79 Å². The van der Waals surface area contributed by atoms with E-state index in [2.05, 4.69) is 5.32 Å². The number of hydrogen-bond acceptors (Lipinski definition) is 3. The van der Waals surface area contributed by atoms with E-state index in [4.69, 9.17) is 15.9 Å². The first-order chi connectivity index (χ1) is 7.00. The van der Waals surface area contributed by atoms with Gasteiger partial charge in [0.1, 0.15) is 5.75 Å². The zero-order chi connectivity index (χ0) is 11.4. The van der Waals surface area contributed by atoms with Gasteiger partial charge >= 0.3 is 12.0 Å². The van der Waals surface area contributed by atoms with Gasteiger partial charge in [0.2, 0.25) is 0 Å². The smallest absolute Gasteiger partial charge is 0.330 e. The van der Waals surface area contributed by atoms with Crippen LogP contribution in [0.2, 0.25) is 0 Å². The van der Waals surface area contributed by atoms with Gasteiger partial charge in [-0.1, -0.05) is 12.1 Å². The molecule has 0 bridgehead atoms. The van der Waals surface area contributed by atoms with Crippen LogP contribution in [0.25, 0.3) is 0 Å². The second kappa shape index (κ2) is 4.32.